The Balaban J connectivity index is 2.13. The van der Waals surface area contributed by atoms with Crippen LogP contribution in [0.1, 0.15) is 22.1 Å². The van der Waals surface area contributed by atoms with Crippen LogP contribution < -0.4 is 0 Å². The maximum absolute atomic E-state index is 6.41. The third-order valence-electron chi connectivity index (χ3n) is 2.89. The van der Waals surface area contributed by atoms with E-state index in [-0.39, 0.29) is 5.38 Å². The molecule has 2 aromatic carbocycles. The molecule has 0 bridgehead atoms. The molecule has 0 aliphatic heterocycles. The predicted octanol–water partition coefficient (Wildman–Crippen LogP) is 5.82. The third kappa shape index (κ3) is 3.41. The molecule has 0 aliphatic carbocycles. The SMILES string of the molecule is Cc1ccc(C(Cl)Cc2ccc(Cl)cc2)cc1Cl. The molecule has 0 saturated carbocycles. The molecule has 0 spiro atoms. The molecule has 0 radical (unpaired) electrons. The largest absolute Gasteiger partial charge is 0.117 e. The topological polar surface area (TPSA) is 0 Å². The smallest absolute Gasteiger partial charge is 0.0626 e. The standard InChI is InChI=1S/C15H13Cl3/c1-10-2-5-12(9-14(10)17)15(18)8-11-3-6-13(16)7-4-11/h2-7,9,15H,8H2,1H3. The molecule has 2 rings (SSSR count). The first-order valence-electron chi connectivity index (χ1n) is 5.71. The Morgan fingerprint density at radius 3 is 2.28 bits per heavy atom. The highest BCUT2D eigenvalue weighted by molar-refractivity contribution is 6.31. The van der Waals surface area contributed by atoms with Crippen molar-refractivity contribution in [2.24, 2.45) is 0 Å². The summed E-state index contributed by atoms with van der Waals surface area (Å²) in [6.07, 6.45) is 0.762. The van der Waals surface area contributed by atoms with E-state index in [1.54, 1.807) is 0 Å². The van der Waals surface area contributed by atoms with Gasteiger partial charge in [0.05, 0.1) is 5.38 Å². The lowest BCUT2D eigenvalue weighted by Gasteiger charge is -2.11. The third-order valence-corrected chi connectivity index (χ3v) is 3.95. The molecule has 18 heavy (non-hydrogen) atoms. The van der Waals surface area contributed by atoms with Crippen molar-refractivity contribution in [3.63, 3.8) is 0 Å². The van der Waals surface area contributed by atoms with Crippen LogP contribution in [-0.2, 0) is 6.42 Å². The van der Waals surface area contributed by atoms with Gasteiger partial charge in [-0.2, -0.15) is 0 Å². The van der Waals surface area contributed by atoms with Crippen LogP contribution in [0.4, 0.5) is 0 Å². The van der Waals surface area contributed by atoms with E-state index in [1.807, 2.05) is 49.4 Å². The number of alkyl halides is 1. The summed E-state index contributed by atoms with van der Waals surface area (Å²) < 4.78 is 0. The lowest BCUT2D eigenvalue weighted by molar-refractivity contribution is 0.919. The average Bonchev–Trinajstić information content (AvgIpc) is 2.35. The first-order chi connectivity index (χ1) is 8.56. The van der Waals surface area contributed by atoms with Gasteiger partial charge in [-0.15, -0.1) is 11.6 Å². The van der Waals surface area contributed by atoms with E-state index in [4.69, 9.17) is 34.8 Å². The molecule has 0 amide bonds. The van der Waals surface area contributed by atoms with Crippen molar-refractivity contribution in [3.8, 4) is 0 Å². The number of hydrogen-bond donors (Lipinski definition) is 0. The van der Waals surface area contributed by atoms with Crippen LogP contribution in [0, 0.1) is 6.92 Å². The van der Waals surface area contributed by atoms with Gasteiger partial charge in [-0.25, -0.2) is 0 Å². The number of benzene rings is 2. The highest BCUT2D eigenvalue weighted by Gasteiger charge is 2.10. The minimum atomic E-state index is -0.0794. The number of hydrogen-bond acceptors (Lipinski definition) is 0. The van der Waals surface area contributed by atoms with Gasteiger partial charge < -0.3 is 0 Å². The summed E-state index contributed by atoms with van der Waals surface area (Å²) in [5.41, 5.74) is 3.27. The summed E-state index contributed by atoms with van der Waals surface area (Å²) in [6.45, 7) is 1.98. The van der Waals surface area contributed by atoms with E-state index >= 15 is 0 Å². The van der Waals surface area contributed by atoms with E-state index in [0.29, 0.717) is 0 Å². The fraction of sp³-hybridized carbons (Fsp3) is 0.200. The second-order valence-corrected chi connectivity index (χ2v) is 5.68. The van der Waals surface area contributed by atoms with Gasteiger partial charge in [0.25, 0.3) is 0 Å². The average molecular weight is 300 g/mol. The Bertz CT molecular complexity index is 532. The summed E-state index contributed by atoms with van der Waals surface area (Å²) in [5, 5.41) is 1.42. The van der Waals surface area contributed by atoms with Gasteiger partial charge in [0, 0.05) is 10.0 Å². The molecule has 0 nitrogen and oxygen atoms in total. The summed E-state index contributed by atoms with van der Waals surface area (Å²) in [4.78, 5) is 0. The van der Waals surface area contributed by atoms with Gasteiger partial charge in [0.15, 0.2) is 0 Å². The summed E-state index contributed by atoms with van der Waals surface area (Å²) in [7, 11) is 0. The van der Waals surface area contributed by atoms with E-state index in [1.165, 1.54) is 0 Å². The van der Waals surface area contributed by atoms with Gasteiger partial charge in [-0.05, 0) is 48.2 Å². The maximum atomic E-state index is 6.41. The maximum Gasteiger partial charge on any atom is 0.0626 e. The Hall–Kier alpha value is -0.690. The van der Waals surface area contributed by atoms with E-state index in [0.717, 1.165) is 33.2 Å². The molecule has 0 saturated heterocycles. The van der Waals surface area contributed by atoms with Crippen LogP contribution in [0.2, 0.25) is 10.0 Å². The van der Waals surface area contributed by atoms with Gasteiger partial charge in [0.2, 0.25) is 0 Å². The highest BCUT2D eigenvalue weighted by Crippen LogP contribution is 2.28. The summed E-state index contributed by atoms with van der Waals surface area (Å²) in [6, 6.07) is 13.7. The Morgan fingerprint density at radius 2 is 1.67 bits per heavy atom. The van der Waals surface area contributed by atoms with E-state index in [9.17, 15) is 0 Å². The molecule has 0 N–H and O–H groups in total. The fourth-order valence-corrected chi connectivity index (χ4v) is 2.38. The first-order valence-corrected chi connectivity index (χ1v) is 6.90. The second-order valence-electron chi connectivity index (χ2n) is 4.31. The van der Waals surface area contributed by atoms with Crippen molar-refractivity contribution in [1.82, 2.24) is 0 Å². The lowest BCUT2D eigenvalue weighted by Crippen LogP contribution is -1.96. The van der Waals surface area contributed by atoms with Crippen LogP contribution in [0.15, 0.2) is 42.5 Å². The van der Waals surface area contributed by atoms with Crippen LogP contribution in [0.3, 0.4) is 0 Å². The van der Waals surface area contributed by atoms with Crippen molar-refractivity contribution < 1.29 is 0 Å². The van der Waals surface area contributed by atoms with Gasteiger partial charge >= 0.3 is 0 Å². The van der Waals surface area contributed by atoms with Crippen LogP contribution in [0.25, 0.3) is 0 Å². The highest BCUT2D eigenvalue weighted by atomic mass is 35.5. The normalized spacial score (nSPS) is 12.4. The van der Waals surface area contributed by atoms with Crippen molar-refractivity contribution >= 4 is 34.8 Å². The van der Waals surface area contributed by atoms with Crippen molar-refractivity contribution in [3.05, 3.63) is 69.2 Å². The van der Waals surface area contributed by atoms with Crippen LogP contribution >= 0.6 is 34.8 Å². The molecule has 3 heteroatoms. The minimum Gasteiger partial charge on any atom is -0.117 e. The van der Waals surface area contributed by atoms with Gasteiger partial charge in [0.1, 0.15) is 0 Å². The predicted molar refractivity (Wildman–Crippen MR) is 79.9 cm³/mol. The zero-order chi connectivity index (χ0) is 13.1. The molecule has 0 aliphatic rings. The minimum absolute atomic E-state index is 0.0794. The first kappa shape index (κ1) is 13.7. The monoisotopic (exact) mass is 298 g/mol. The fourth-order valence-electron chi connectivity index (χ4n) is 1.75. The van der Waals surface area contributed by atoms with Crippen molar-refractivity contribution in [1.29, 1.82) is 0 Å². The zero-order valence-corrected chi connectivity index (χ0v) is 12.2. The molecule has 0 heterocycles. The molecular weight excluding hydrogens is 287 g/mol. The van der Waals surface area contributed by atoms with Crippen LogP contribution in [-0.4, -0.2) is 0 Å². The Labute approximate surface area is 122 Å². The number of halogens is 3. The molecule has 94 valence electrons. The van der Waals surface area contributed by atoms with Crippen molar-refractivity contribution in [2.75, 3.05) is 0 Å². The molecule has 0 fully saturated rings. The van der Waals surface area contributed by atoms with Crippen LogP contribution in [0.5, 0.6) is 0 Å². The lowest BCUT2D eigenvalue weighted by atomic mass is 10.0. The quantitative estimate of drug-likeness (QED) is 0.626. The van der Waals surface area contributed by atoms with E-state index < -0.39 is 0 Å². The molecule has 1 unspecified atom stereocenters. The second kappa shape index (κ2) is 5.97. The molecule has 2 aromatic rings. The summed E-state index contributed by atoms with van der Waals surface area (Å²) in [5.74, 6) is 0. The number of aryl methyl sites for hydroxylation is 1. The molecule has 0 aromatic heterocycles. The summed E-state index contributed by atoms with van der Waals surface area (Å²) >= 11 is 18.4. The van der Waals surface area contributed by atoms with Gasteiger partial charge in [-0.3, -0.25) is 0 Å². The number of rotatable bonds is 3. The van der Waals surface area contributed by atoms with E-state index in [2.05, 4.69) is 0 Å². The molecule has 1 atom stereocenters. The van der Waals surface area contributed by atoms with Crippen molar-refractivity contribution in [2.45, 2.75) is 18.7 Å². The zero-order valence-electron chi connectivity index (χ0n) is 9.96. The molecular formula is C15H13Cl3. The Kier molecular flexibility index (Phi) is 4.55. The Morgan fingerprint density at radius 1 is 1.00 bits per heavy atom. The van der Waals surface area contributed by atoms with Gasteiger partial charge in [-0.1, -0.05) is 47.5 Å².